The van der Waals surface area contributed by atoms with Gasteiger partial charge in [0.1, 0.15) is 12.1 Å². The quantitative estimate of drug-likeness (QED) is 0.661. The molecular formula is C20H25N2O+. The summed E-state index contributed by atoms with van der Waals surface area (Å²) in [6, 6.07) is 21.7. The van der Waals surface area contributed by atoms with Gasteiger partial charge in [0.25, 0.3) is 0 Å². The van der Waals surface area contributed by atoms with Gasteiger partial charge in [-0.3, -0.25) is 0 Å². The fourth-order valence-electron chi connectivity index (χ4n) is 3.84. The van der Waals surface area contributed by atoms with Crippen molar-refractivity contribution in [3.63, 3.8) is 0 Å². The van der Waals surface area contributed by atoms with E-state index in [1.807, 2.05) is 12.1 Å². The van der Waals surface area contributed by atoms with Gasteiger partial charge in [-0.25, -0.2) is 0 Å². The van der Waals surface area contributed by atoms with Crippen LogP contribution in [0.4, 0.5) is 0 Å². The van der Waals surface area contributed by atoms with Crippen molar-refractivity contribution in [1.29, 1.82) is 0 Å². The summed E-state index contributed by atoms with van der Waals surface area (Å²) >= 11 is 0. The molecular weight excluding hydrogens is 284 g/mol. The van der Waals surface area contributed by atoms with Gasteiger partial charge < -0.3 is 10.5 Å². The topological polar surface area (TPSA) is 49.2 Å². The van der Waals surface area contributed by atoms with Gasteiger partial charge in [0.2, 0.25) is 0 Å². The molecule has 0 spiro atoms. The Kier molecular flexibility index (Phi) is 4.77. The van der Waals surface area contributed by atoms with E-state index in [1.165, 1.54) is 11.1 Å². The molecule has 0 amide bonds. The predicted octanol–water partition coefficient (Wildman–Crippen LogP) is 3.54. The third-order valence-electron chi connectivity index (χ3n) is 4.90. The zero-order valence-electron chi connectivity index (χ0n) is 13.8. The molecule has 1 saturated heterocycles. The van der Waals surface area contributed by atoms with Gasteiger partial charge in [-0.15, -0.1) is 0 Å². The van der Waals surface area contributed by atoms with E-state index in [9.17, 15) is 5.21 Å². The number of quaternary nitrogens is 1. The lowest BCUT2D eigenvalue weighted by Crippen LogP contribution is -2.90. The Morgan fingerprint density at radius 2 is 1.52 bits per heavy atom. The van der Waals surface area contributed by atoms with Crippen LogP contribution in [-0.4, -0.2) is 10.9 Å². The number of nitrogens with zero attached hydrogens (tertiary/aromatic N) is 1. The van der Waals surface area contributed by atoms with Gasteiger partial charge in [-0.05, 0) is 5.92 Å². The van der Waals surface area contributed by atoms with Gasteiger partial charge in [0, 0.05) is 17.5 Å². The second kappa shape index (κ2) is 6.97. The normalized spacial score (nSPS) is 26.6. The molecule has 0 aliphatic carbocycles. The van der Waals surface area contributed by atoms with Gasteiger partial charge >= 0.3 is 0 Å². The maximum atomic E-state index is 9.61. The maximum Gasteiger partial charge on any atom is 0.121 e. The minimum Gasteiger partial charge on any atom is -0.411 e. The van der Waals surface area contributed by atoms with Crippen LogP contribution in [-0.2, 0) is 0 Å². The third kappa shape index (κ3) is 3.30. The summed E-state index contributed by atoms with van der Waals surface area (Å²) in [5.41, 5.74) is 3.51. The van der Waals surface area contributed by atoms with Gasteiger partial charge in [0.05, 0.1) is 11.6 Å². The molecule has 0 saturated carbocycles. The fourth-order valence-corrected chi connectivity index (χ4v) is 3.84. The highest BCUT2D eigenvalue weighted by Gasteiger charge is 2.41. The van der Waals surface area contributed by atoms with E-state index in [0.717, 1.165) is 12.1 Å². The van der Waals surface area contributed by atoms with Crippen LogP contribution < -0.4 is 5.32 Å². The van der Waals surface area contributed by atoms with Crippen molar-refractivity contribution in [2.24, 2.45) is 17.0 Å². The summed E-state index contributed by atoms with van der Waals surface area (Å²) in [5, 5.41) is 15.8. The molecule has 3 rings (SSSR count). The Bertz CT molecular complexity index is 652. The lowest BCUT2D eigenvalue weighted by Gasteiger charge is -2.37. The zero-order chi connectivity index (χ0) is 16.2. The van der Waals surface area contributed by atoms with Crippen LogP contribution in [0.25, 0.3) is 0 Å². The average molecular weight is 309 g/mol. The molecule has 0 aromatic heterocycles. The highest BCUT2D eigenvalue weighted by Crippen LogP contribution is 2.34. The van der Waals surface area contributed by atoms with Crippen LogP contribution in [0, 0.1) is 11.8 Å². The van der Waals surface area contributed by atoms with Crippen molar-refractivity contribution in [2.45, 2.75) is 32.4 Å². The summed E-state index contributed by atoms with van der Waals surface area (Å²) in [7, 11) is 0. The molecule has 1 fully saturated rings. The number of benzene rings is 2. The molecule has 1 aliphatic heterocycles. The van der Waals surface area contributed by atoms with Crippen LogP contribution in [0.15, 0.2) is 65.8 Å². The predicted molar refractivity (Wildman–Crippen MR) is 92.5 cm³/mol. The minimum absolute atomic E-state index is 0.252. The number of hydrogen-bond donors (Lipinski definition) is 2. The molecule has 3 nitrogen and oxygen atoms in total. The van der Waals surface area contributed by atoms with E-state index in [4.69, 9.17) is 0 Å². The van der Waals surface area contributed by atoms with Crippen LogP contribution in [0.3, 0.4) is 0 Å². The monoisotopic (exact) mass is 309 g/mol. The first-order valence-corrected chi connectivity index (χ1v) is 8.36. The zero-order valence-corrected chi connectivity index (χ0v) is 13.8. The number of oxime groups is 1. The maximum absolute atomic E-state index is 9.61. The van der Waals surface area contributed by atoms with Crippen molar-refractivity contribution in [2.75, 3.05) is 0 Å². The Morgan fingerprint density at radius 1 is 0.957 bits per heavy atom. The van der Waals surface area contributed by atoms with E-state index in [0.29, 0.717) is 12.0 Å². The van der Waals surface area contributed by atoms with Crippen LogP contribution in [0.1, 0.15) is 43.5 Å². The van der Waals surface area contributed by atoms with Crippen molar-refractivity contribution in [3.8, 4) is 0 Å². The number of piperidine rings is 1. The second-order valence-corrected chi connectivity index (χ2v) is 6.71. The average Bonchev–Trinajstić information content (AvgIpc) is 2.62. The van der Waals surface area contributed by atoms with E-state index in [2.05, 4.69) is 72.9 Å². The first kappa shape index (κ1) is 15.8. The molecule has 1 aliphatic rings. The third-order valence-corrected chi connectivity index (χ3v) is 4.90. The molecule has 2 aromatic carbocycles. The number of hydrogen-bond acceptors (Lipinski definition) is 2. The summed E-state index contributed by atoms with van der Waals surface area (Å²) in [5.74, 6) is 0.682. The summed E-state index contributed by atoms with van der Waals surface area (Å²) in [6.45, 7) is 4.42. The molecule has 3 heteroatoms. The van der Waals surface area contributed by atoms with E-state index in [-0.39, 0.29) is 12.0 Å². The standard InChI is InChI=1S/C20H24N2O/c1-14(2)19-18(22-23)13-17(15-9-5-3-6-10-15)21-20(19)16-11-7-4-8-12-16/h3-12,14,17,19-21,23H,13H2,1-2H3/p+1/b22-18-/t17-,19-,20+/m0/s1. The van der Waals surface area contributed by atoms with Crippen molar-refractivity contribution < 1.29 is 10.5 Å². The highest BCUT2D eigenvalue weighted by atomic mass is 16.4. The van der Waals surface area contributed by atoms with Gasteiger partial charge in [0.15, 0.2) is 0 Å². The van der Waals surface area contributed by atoms with E-state index >= 15 is 0 Å². The molecule has 0 bridgehead atoms. The number of rotatable bonds is 3. The summed E-state index contributed by atoms with van der Waals surface area (Å²) in [6.07, 6.45) is 0.798. The van der Waals surface area contributed by atoms with E-state index < -0.39 is 0 Å². The lowest BCUT2D eigenvalue weighted by atomic mass is 9.75. The van der Waals surface area contributed by atoms with Crippen LogP contribution >= 0.6 is 0 Å². The van der Waals surface area contributed by atoms with Gasteiger partial charge in [-0.2, -0.15) is 0 Å². The molecule has 1 heterocycles. The lowest BCUT2D eigenvalue weighted by molar-refractivity contribution is -0.743. The highest BCUT2D eigenvalue weighted by molar-refractivity contribution is 5.88. The van der Waals surface area contributed by atoms with Gasteiger partial charge in [-0.1, -0.05) is 79.7 Å². The molecule has 0 radical (unpaired) electrons. The Hall–Kier alpha value is -2.13. The van der Waals surface area contributed by atoms with Crippen molar-refractivity contribution in [3.05, 3.63) is 71.8 Å². The fraction of sp³-hybridized carbons (Fsp3) is 0.350. The van der Waals surface area contributed by atoms with Crippen molar-refractivity contribution >= 4 is 5.71 Å². The molecule has 3 atom stereocenters. The Balaban J connectivity index is 1.98. The first-order valence-electron chi connectivity index (χ1n) is 8.36. The van der Waals surface area contributed by atoms with Crippen LogP contribution in [0.5, 0.6) is 0 Å². The summed E-state index contributed by atoms with van der Waals surface area (Å²) in [4.78, 5) is 0. The first-order chi connectivity index (χ1) is 11.2. The van der Waals surface area contributed by atoms with E-state index in [1.54, 1.807) is 0 Å². The molecule has 2 aromatic rings. The van der Waals surface area contributed by atoms with Crippen LogP contribution in [0.2, 0.25) is 0 Å². The Labute approximate surface area is 138 Å². The Morgan fingerprint density at radius 3 is 2.04 bits per heavy atom. The SMILES string of the molecule is CC(C)[C@H]1/C(=N\O)C[C@@H](c2ccccc2)[NH2+][C@@H]1c1ccccc1. The van der Waals surface area contributed by atoms with Crippen molar-refractivity contribution in [1.82, 2.24) is 0 Å². The largest absolute Gasteiger partial charge is 0.411 e. The smallest absolute Gasteiger partial charge is 0.121 e. The molecule has 0 unspecified atom stereocenters. The molecule has 3 N–H and O–H groups in total. The number of nitrogens with two attached hydrogens (primary N) is 1. The molecule has 120 valence electrons. The summed E-state index contributed by atoms with van der Waals surface area (Å²) < 4.78 is 0. The second-order valence-electron chi connectivity index (χ2n) is 6.71. The minimum atomic E-state index is 0.252. The molecule has 23 heavy (non-hydrogen) atoms.